The molecule has 0 saturated heterocycles. The van der Waals surface area contributed by atoms with Gasteiger partial charge in [-0.05, 0) is 49.6 Å². The first kappa shape index (κ1) is 18.3. The molecule has 2 heterocycles. The second kappa shape index (κ2) is 7.26. The molecule has 1 amide bonds. The number of nitrogens with zero attached hydrogens (tertiary/aromatic N) is 4. The minimum absolute atomic E-state index is 0.150. The third kappa shape index (κ3) is 3.39. The van der Waals surface area contributed by atoms with Crippen molar-refractivity contribution in [2.45, 2.75) is 32.2 Å². The molecule has 1 aliphatic carbocycles. The second-order valence-corrected chi connectivity index (χ2v) is 7.69. The zero-order valence-corrected chi connectivity index (χ0v) is 16.6. The second-order valence-electron chi connectivity index (χ2n) is 7.69. The summed E-state index contributed by atoms with van der Waals surface area (Å²) >= 11 is 0. The zero-order chi connectivity index (χ0) is 20.7. The van der Waals surface area contributed by atoms with Gasteiger partial charge >= 0.3 is 0 Å². The molecule has 2 aromatic heterocycles. The van der Waals surface area contributed by atoms with Gasteiger partial charge in [-0.1, -0.05) is 30.3 Å². The largest absolute Gasteiger partial charge is 0.324 e. The van der Waals surface area contributed by atoms with Gasteiger partial charge in [0, 0.05) is 17.0 Å². The van der Waals surface area contributed by atoms with Crippen molar-refractivity contribution >= 4 is 22.5 Å². The summed E-state index contributed by atoms with van der Waals surface area (Å²) in [7, 11) is 0. The molecular formula is C23H21N5O2. The average Bonchev–Trinajstić information content (AvgIpc) is 3.48. The third-order valence-electron chi connectivity index (χ3n) is 5.27. The predicted molar refractivity (Wildman–Crippen MR) is 115 cm³/mol. The summed E-state index contributed by atoms with van der Waals surface area (Å²) in [6.45, 7) is 1.81. The quantitative estimate of drug-likeness (QED) is 0.558. The van der Waals surface area contributed by atoms with Crippen LogP contribution in [-0.4, -0.2) is 25.5 Å². The van der Waals surface area contributed by atoms with Crippen LogP contribution in [0.2, 0.25) is 0 Å². The lowest BCUT2D eigenvalue weighted by Crippen LogP contribution is -2.31. The van der Waals surface area contributed by atoms with Crippen LogP contribution in [0.4, 0.5) is 5.69 Å². The third-order valence-corrected chi connectivity index (χ3v) is 5.27. The number of anilines is 1. The monoisotopic (exact) mass is 399 g/mol. The van der Waals surface area contributed by atoms with Gasteiger partial charge in [-0.25, -0.2) is 9.36 Å². The molecule has 1 aliphatic rings. The Kier molecular flexibility index (Phi) is 4.43. The smallest absolute Gasteiger partial charge is 0.293 e. The predicted octanol–water partition coefficient (Wildman–Crippen LogP) is 3.41. The number of carbonyl (C=O) groups is 1. The fourth-order valence-corrected chi connectivity index (χ4v) is 3.68. The van der Waals surface area contributed by atoms with Crippen molar-refractivity contribution in [3.05, 3.63) is 82.4 Å². The van der Waals surface area contributed by atoms with Crippen LogP contribution in [0.15, 0.2) is 65.6 Å². The van der Waals surface area contributed by atoms with E-state index in [2.05, 4.69) is 15.5 Å². The van der Waals surface area contributed by atoms with E-state index in [1.807, 2.05) is 61.5 Å². The number of rotatable bonds is 5. The minimum atomic E-state index is -0.324. The molecule has 7 heteroatoms. The number of hydrogen-bond acceptors (Lipinski definition) is 4. The molecule has 0 spiro atoms. The van der Waals surface area contributed by atoms with Gasteiger partial charge in [-0.15, -0.1) is 0 Å². The van der Waals surface area contributed by atoms with Crippen LogP contribution in [0.3, 0.4) is 0 Å². The van der Waals surface area contributed by atoms with Gasteiger partial charge in [0.05, 0.1) is 17.6 Å². The van der Waals surface area contributed by atoms with Crippen molar-refractivity contribution in [1.82, 2.24) is 19.6 Å². The fourth-order valence-electron chi connectivity index (χ4n) is 3.68. The molecule has 4 aromatic rings. The summed E-state index contributed by atoms with van der Waals surface area (Å²) in [6.07, 6.45) is 3.78. The molecule has 2 aromatic carbocycles. The molecule has 150 valence electrons. The summed E-state index contributed by atoms with van der Waals surface area (Å²) in [6, 6.07) is 17.1. The Morgan fingerprint density at radius 3 is 2.67 bits per heavy atom. The molecule has 1 saturated carbocycles. The van der Waals surface area contributed by atoms with Gasteiger partial charge < -0.3 is 5.32 Å². The molecule has 30 heavy (non-hydrogen) atoms. The van der Waals surface area contributed by atoms with E-state index in [0.717, 1.165) is 35.2 Å². The van der Waals surface area contributed by atoms with E-state index in [0.29, 0.717) is 17.1 Å². The maximum atomic E-state index is 13.3. The topological polar surface area (TPSA) is 81.8 Å². The van der Waals surface area contributed by atoms with Crippen molar-refractivity contribution in [2.75, 3.05) is 5.32 Å². The first-order valence-electron chi connectivity index (χ1n) is 10.0. The first-order valence-corrected chi connectivity index (χ1v) is 10.0. The van der Waals surface area contributed by atoms with Crippen molar-refractivity contribution in [3.8, 4) is 5.69 Å². The summed E-state index contributed by atoms with van der Waals surface area (Å²) in [4.78, 5) is 25.9. The Morgan fingerprint density at radius 2 is 1.93 bits per heavy atom. The number of para-hydroxylation sites is 1. The van der Waals surface area contributed by atoms with Gasteiger partial charge in [0.2, 0.25) is 5.91 Å². The van der Waals surface area contributed by atoms with E-state index >= 15 is 0 Å². The van der Waals surface area contributed by atoms with E-state index < -0.39 is 0 Å². The van der Waals surface area contributed by atoms with E-state index in [9.17, 15) is 9.59 Å². The SMILES string of the molecule is Cc1cccc(NC(=O)Cn2nc(C3CC3)c3cnn(-c4ccccc4)c3c2=O)c1. The van der Waals surface area contributed by atoms with Crippen molar-refractivity contribution in [3.63, 3.8) is 0 Å². The summed E-state index contributed by atoms with van der Waals surface area (Å²) in [5.74, 6) is 0.0229. The highest BCUT2D eigenvalue weighted by molar-refractivity contribution is 5.91. The van der Waals surface area contributed by atoms with E-state index in [1.165, 1.54) is 4.68 Å². The summed E-state index contributed by atoms with van der Waals surface area (Å²) < 4.78 is 2.91. The number of aromatic nitrogens is 4. The van der Waals surface area contributed by atoms with Gasteiger partial charge in [0.1, 0.15) is 12.1 Å². The Hall–Kier alpha value is -3.74. The molecule has 7 nitrogen and oxygen atoms in total. The molecule has 5 rings (SSSR count). The van der Waals surface area contributed by atoms with E-state index in [1.54, 1.807) is 10.9 Å². The van der Waals surface area contributed by atoms with Gasteiger partial charge in [-0.3, -0.25) is 9.59 Å². The highest BCUT2D eigenvalue weighted by Crippen LogP contribution is 2.41. The lowest BCUT2D eigenvalue weighted by molar-refractivity contribution is -0.117. The number of aryl methyl sites for hydroxylation is 1. The fraction of sp³-hybridized carbons (Fsp3) is 0.217. The van der Waals surface area contributed by atoms with Crippen molar-refractivity contribution < 1.29 is 4.79 Å². The summed E-state index contributed by atoms with van der Waals surface area (Å²) in [5, 5.41) is 12.6. The van der Waals surface area contributed by atoms with Crippen LogP contribution in [-0.2, 0) is 11.3 Å². The molecule has 1 fully saturated rings. The molecular weight excluding hydrogens is 378 g/mol. The maximum Gasteiger partial charge on any atom is 0.293 e. The highest BCUT2D eigenvalue weighted by atomic mass is 16.2. The molecule has 0 bridgehead atoms. The van der Waals surface area contributed by atoms with Crippen LogP contribution in [0.1, 0.15) is 30.0 Å². The minimum Gasteiger partial charge on any atom is -0.324 e. The highest BCUT2D eigenvalue weighted by Gasteiger charge is 2.30. The van der Waals surface area contributed by atoms with Gasteiger partial charge in [-0.2, -0.15) is 10.2 Å². The number of amides is 1. The molecule has 1 N–H and O–H groups in total. The standard InChI is InChI=1S/C23H21N5O2/c1-15-6-5-7-17(12-15)25-20(29)14-27-23(30)22-19(21(26-27)16-10-11-16)13-24-28(22)18-8-3-2-4-9-18/h2-9,12-13,16H,10-11,14H2,1H3,(H,25,29). The molecule has 0 aliphatic heterocycles. The number of hydrogen-bond donors (Lipinski definition) is 1. The van der Waals surface area contributed by atoms with E-state index in [-0.39, 0.29) is 18.0 Å². The Morgan fingerprint density at radius 1 is 1.13 bits per heavy atom. The number of benzene rings is 2. The maximum absolute atomic E-state index is 13.3. The van der Waals surface area contributed by atoms with Crippen LogP contribution in [0, 0.1) is 6.92 Å². The van der Waals surface area contributed by atoms with E-state index in [4.69, 9.17) is 0 Å². The Labute approximate surface area is 173 Å². The van der Waals surface area contributed by atoms with Crippen molar-refractivity contribution in [2.24, 2.45) is 0 Å². The van der Waals surface area contributed by atoms with Crippen LogP contribution in [0.25, 0.3) is 16.6 Å². The number of fused-ring (bicyclic) bond motifs is 1. The number of nitrogens with one attached hydrogen (secondary N) is 1. The average molecular weight is 399 g/mol. The first-order chi connectivity index (χ1) is 14.6. The van der Waals surface area contributed by atoms with Crippen LogP contribution in [0.5, 0.6) is 0 Å². The molecule has 0 atom stereocenters. The zero-order valence-electron chi connectivity index (χ0n) is 16.6. The van der Waals surface area contributed by atoms with Crippen LogP contribution < -0.4 is 10.9 Å². The lowest BCUT2D eigenvalue weighted by Gasteiger charge is -2.11. The van der Waals surface area contributed by atoms with Gasteiger partial charge in [0.15, 0.2) is 0 Å². The van der Waals surface area contributed by atoms with Crippen molar-refractivity contribution in [1.29, 1.82) is 0 Å². The molecule has 0 radical (unpaired) electrons. The Bertz CT molecular complexity index is 1300. The number of carbonyl (C=O) groups excluding carboxylic acids is 1. The molecule has 0 unspecified atom stereocenters. The van der Waals surface area contributed by atoms with Gasteiger partial charge in [0.25, 0.3) is 5.56 Å². The Balaban J connectivity index is 1.56. The lowest BCUT2D eigenvalue weighted by atomic mass is 10.2. The normalized spacial score (nSPS) is 13.5. The summed E-state index contributed by atoms with van der Waals surface area (Å²) in [5.41, 5.74) is 3.53. The van der Waals surface area contributed by atoms with Crippen LogP contribution >= 0.6 is 0 Å².